The summed E-state index contributed by atoms with van der Waals surface area (Å²) in [5, 5.41) is 3.56. The van der Waals surface area contributed by atoms with Crippen LogP contribution in [0.1, 0.15) is 42.9 Å². The van der Waals surface area contributed by atoms with E-state index in [9.17, 15) is 0 Å². The monoisotopic (exact) mass is 211 g/mol. The summed E-state index contributed by atoms with van der Waals surface area (Å²) in [7, 11) is 0. The van der Waals surface area contributed by atoms with Crippen molar-refractivity contribution in [3.05, 3.63) is 21.9 Å². The Balaban J connectivity index is 2.20. The smallest absolute Gasteiger partial charge is 0.0302 e. The minimum Gasteiger partial charge on any atom is -0.309 e. The van der Waals surface area contributed by atoms with E-state index in [1.54, 1.807) is 0 Å². The van der Waals surface area contributed by atoms with Crippen molar-refractivity contribution in [2.75, 3.05) is 0 Å². The summed E-state index contributed by atoms with van der Waals surface area (Å²) < 4.78 is 0. The summed E-state index contributed by atoms with van der Waals surface area (Å²) >= 11 is 1.89. The van der Waals surface area contributed by atoms with E-state index >= 15 is 0 Å². The summed E-state index contributed by atoms with van der Waals surface area (Å²) in [5.74, 6) is 0. The van der Waals surface area contributed by atoms with Crippen LogP contribution in [0.2, 0.25) is 0 Å². The fourth-order valence-corrected chi connectivity index (χ4v) is 2.31. The average molecular weight is 211 g/mol. The van der Waals surface area contributed by atoms with Crippen LogP contribution in [0.25, 0.3) is 0 Å². The lowest BCUT2D eigenvalue weighted by Gasteiger charge is -2.11. The maximum Gasteiger partial charge on any atom is 0.0302 e. The summed E-state index contributed by atoms with van der Waals surface area (Å²) in [6.45, 7) is 7.71. The molecule has 0 fully saturated rings. The number of aryl methyl sites for hydroxylation is 1. The van der Waals surface area contributed by atoms with E-state index in [-0.39, 0.29) is 0 Å². The molecular formula is C12H21NS. The van der Waals surface area contributed by atoms with Crippen molar-refractivity contribution in [1.82, 2.24) is 5.32 Å². The minimum absolute atomic E-state index is 0.650. The Labute approximate surface area is 91.5 Å². The molecule has 1 unspecified atom stereocenters. The Morgan fingerprint density at radius 2 is 2.21 bits per heavy atom. The molecule has 2 heteroatoms. The molecule has 1 atom stereocenters. The lowest BCUT2D eigenvalue weighted by Crippen LogP contribution is -2.24. The zero-order chi connectivity index (χ0) is 10.4. The van der Waals surface area contributed by atoms with Crippen LogP contribution in [0.5, 0.6) is 0 Å². The van der Waals surface area contributed by atoms with Crippen LogP contribution in [-0.2, 0) is 6.54 Å². The third-order valence-corrected chi connectivity index (χ3v) is 3.41. The highest BCUT2D eigenvalue weighted by molar-refractivity contribution is 7.11. The van der Waals surface area contributed by atoms with Crippen molar-refractivity contribution < 1.29 is 0 Å². The lowest BCUT2D eigenvalue weighted by atomic mass is 10.1. The third kappa shape index (κ3) is 4.25. The topological polar surface area (TPSA) is 12.0 Å². The molecule has 1 nitrogen and oxygen atoms in total. The van der Waals surface area contributed by atoms with Gasteiger partial charge in [0.15, 0.2) is 0 Å². The molecule has 14 heavy (non-hydrogen) atoms. The number of hydrogen-bond donors (Lipinski definition) is 1. The summed E-state index contributed by atoms with van der Waals surface area (Å²) in [4.78, 5) is 2.86. The molecule has 1 N–H and O–H groups in total. The fourth-order valence-electron chi connectivity index (χ4n) is 1.47. The summed E-state index contributed by atoms with van der Waals surface area (Å²) in [6.07, 6.45) is 3.92. The summed E-state index contributed by atoms with van der Waals surface area (Å²) in [5.41, 5.74) is 0. The Morgan fingerprint density at radius 3 is 2.79 bits per heavy atom. The fraction of sp³-hybridized carbons (Fsp3) is 0.667. The molecule has 1 aromatic rings. The number of unbranched alkanes of at least 4 members (excludes halogenated alkanes) is 1. The molecule has 0 aliphatic carbocycles. The standard InChI is InChI=1S/C12H21NS/c1-4-5-6-10(2)13-9-12-8-7-11(3)14-12/h7-8,10,13H,4-6,9H2,1-3H3. The van der Waals surface area contributed by atoms with Gasteiger partial charge in [0.05, 0.1) is 0 Å². The molecule has 80 valence electrons. The Bertz CT molecular complexity index is 255. The number of rotatable bonds is 6. The largest absolute Gasteiger partial charge is 0.309 e. The second kappa shape index (κ2) is 6.20. The van der Waals surface area contributed by atoms with Gasteiger partial charge in [0.1, 0.15) is 0 Å². The molecule has 1 aromatic heterocycles. The molecule has 0 bridgehead atoms. The third-order valence-electron chi connectivity index (χ3n) is 2.41. The SMILES string of the molecule is CCCCC(C)NCc1ccc(C)s1. The van der Waals surface area contributed by atoms with Crippen molar-refractivity contribution in [2.45, 2.75) is 52.6 Å². The zero-order valence-electron chi connectivity index (χ0n) is 9.47. The van der Waals surface area contributed by atoms with E-state index in [4.69, 9.17) is 0 Å². The summed E-state index contributed by atoms with van der Waals surface area (Å²) in [6, 6.07) is 5.06. The maximum absolute atomic E-state index is 3.56. The molecule has 0 spiro atoms. The quantitative estimate of drug-likeness (QED) is 0.756. The van der Waals surface area contributed by atoms with Crippen LogP contribution in [0.4, 0.5) is 0 Å². The first-order valence-electron chi connectivity index (χ1n) is 5.51. The van der Waals surface area contributed by atoms with Gasteiger partial charge in [-0.2, -0.15) is 0 Å². The van der Waals surface area contributed by atoms with E-state index in [0.29, 0.717) is 6.04 Å². The highest BCUT2D eigenvalue weighted by Gasteiger charge is 2.01. The Kier molecular flexibility index (Phi) is 5.20. The first kappa shape index (κ1) is 11.7. The molecule has 0 aliphatic heterocycles. The number of nitrogens with one attached hydrogen (secondary N) is 1. The number of hydrogen-bond acceptors (Lipinski definition) is 2. The molecule has 0 aromatic carbocycles. The van der Waals surface area contributed by atoms with E-state index < -0.39 is 0 Å². The minimum atomic E-state index is 0.650. The van der Waals surface area contributed by atoms with Crippen molar-refractivity contribution in [3.63, 3.8) is 0 Å². The van der Waals surface area contributed by atoms with Crippen LogP contribution in [0.15, 0.2) is 12.1 Å². The first-order valence-corrected chi connectivity index (χ1v) is 6.32. The van der Waals surface area contributed by atoms with Crippen molar-refractivity contribution >= 4 is 11.3 Å². The normalized spacial score (nSPS) is 13.1. The molecule has 0 saturated carbocycles. The van der Waals surface area contributed by atoms with Gasteiger partial charge in [-0.1, -0.05) is 19.8 Å². The highest BCUT2D eigenvalue weighted by atomic mass is 32.1. The number of thiophene rings is 1. The van der Waals surface area contributed by atoms with Gasteiger partial charge in [0.2, 0.25) is 0 Å². The average Bonchev–Trinajstić information content (AvgIpc) is 2.58. The van der Waals surface area contributed by atoms with Crippen LogP contribution in [0.3, 0.4) is 0 Å². The second-order valence-electron chi connectivity index (χ2n) is 3.94. The molecular weight excluding hydrogens is 190 g/mol. The van der Waals surface area contributed by atoms with Gasteiger partial charge in [-0.3, -0.25) is 0 Å². The Hall–Kier alpha value is -0.340. The second-order valence-corrected chi connectivity index (χ2v) is 5.31. The maximum atomic E-state index is 3.56. The predicted molar refractivity (Wildman–Crippen MR) is 64.9 cm³/mol. The van der Waals surface area contributed by atoms with Gasteiger partial charge >= 0.3 is 0 Å². The molecule has 1 rings (SSSR count). The van der Waals surface area contributed by atoms with E-state index in [2.05, 4.69) is 38.2 Å². The van der Waals surface area contributed by atoms with Gasteiger partial charge in [0.25, 0.3) is 0 Å². The molecule has 0 saturated heterocycles. The van der Waals surface area contributed by atoms with Crippen LogP contribution in [-0.4, -0.2) is 6.04 Å². The zero-order valence-corrected chi connectivity index (χ0v) is 10.3. The highest BCUT2D eigenvalue weighted by Crippen LogP contribution is 2.14. The van der Waals surface area contributed by atoms with Gasteiger partial charge in [0, 0.05) is 22.3 Å². The Morgan fingerprint density at radius 1 is 1.43 bits per heavy atom. The van der Waals surface area contributed by atoms with Gasteiger partial charge in [-0.05, 0) is 32.4 Å². The van der Waals surface area contributed by atoms with Gasteiger partial charge in [-0.25, -0.2) is 0 Å². The van der Waals surface area contributed by atoms with Crippen molar-refractivity contribution in [2.24, 2.45) is 0 Å². The van der Waals surface area contributed by atoms with Crippen molar-refractivity contribution in [3.8, 4) is 0 Å². The molecule has 0 amide bonds. The van der Waals surface area contributed by atoms with Crippen LogP contribution in [0, 0.1) is 6.92 Å². The van der Waals surface area contributed by atoms with Gasteiger partial charge in [-0.15, -0.1) is 11.3 Å². The first-order chi connectivity index (χ1) is 6.72. The predicted octanol–water partition coefficient (Wildman–Crippen LogP) is 3.72. The lowest BCUT2D eigenvalue weighted by molar-refractivity contribution is 0.497. The van der Waals surface area contributed by atoms with E-state index in [1.165, 1.54) is 29.0 Å². The van der Waals surface area contributed by atoms with Crippen molar-refractivity contribution in [1.29, 1.82) is 0 Å². The molecule has 1 heterocycles. The van der Waals surface area contributed by atoms with Gasteiger partial charge < -0.3 is 5.32 Å². The van der Waals surface area contributed by atoms with Crippen LogP contribution >= 0.6 is 11.3 Å². The molecule has 0 radical (unpaired) electrons. The van der Waals surface area contributed by atoms with E-state index in [0.717, 1.165) is 6.54 Å². The molecule has 0 aliphatic rings. The van der Waals surface area contributed by atoms with Crippen LogP contribution < -0.4 is 5.32 Å². The van der Waals surface area contributed by atoms with E-state index in [1.807, 2.05) is 11.3 Å².